The summed E-state index contributed by atoms with van der Waals surface area (Å²) in [6.45, 7) is 2.84. The van der Waals surface area contributed by atoms with Crippen LogP contribution in [0.2, 0.25) is 0 Å². The first-order valence-electron chi connectivity index (χ1n) is 7.16. The number of rotatable bonds is 8. The van der Waals surface area contributed by atoms with E-state index in [-0.39, 0.29) is 23.5 Å². The zero-order valence-electron chi connectivity index (χ0n) is 13.0. The quantitative estimate of drug-likeness (QED) is 0.347. The molecule has 2 aromatic rings. The number of esters is 1. The SMILES string of the molecule is CCOC(=O)c1cc2cc(OCCCOC)cc([N+](=O)[O-])c2[nH]1. The summed E-state index contributed by atoms with van der Waals surface area (Å²) in [5.41, 5.74) is 0.281. The second-order valence-electron chi connectivity index (χ2n) is 4.76. The molecular weight excluding hydrogens is 304 g/mol. The molecule has 0 saturated heterocycles. The second kappa shape index (κ2) is 7.59. The number of non-ortho nitro benzene ring substituents is 1. The Balaban J connectivity index is 2.33. The minimum atomic E-state index is -0.555. The monoisotopic (exact) mass is 322 g/mol. The number of nitrogens with one attached hydrogen (secondary N) is 1. The molecule has 0 unspecified atom stereocenters. The number of aromatic nitrogens is 1. The molecule has 1 heterocycles. The number of nitro benzene ring substituents is 1. The molecule has 0 saturated carbocycles. The van der Waals surface area contributed by atoms with Crippen LogP contribution in [0.1, 0.15) is 23.8 Å². The lowest BCUT2D eigenvalue weighted by Crippen LogP contribution is -2.04. The largest absolute Gasteiger partial charge is 0.493 e. The van der Waals surface area contributed by atoms with Crippen molar-refractivity contribution in [3.63, 3.8) is 0 Å². The Morgan fingerprint density at radius 3 is 2.74 bits per heavy atom. The number of ether oxygens (including phenoxy) is 3. The molecule has 8 nitrogen and oxygen atoms in total. The molecule has 1 aromatic carbocycles. The maximum absolute atomic E-state index is 11.8. The number of hydrogen-bond acceptors (Lipinski definition) is 6. The highest BCUT2D eigenvalue weighted by Crippen LogP contribution is 2.31. The number of nitro groups is 1. The van der Waals surface area contributed by atoms with Gasteiger partial charge in [0.25, 0.3) is 5.69 Å². The lowest BCUT2D eigenvalue weighted by Gasteiger charge is -2.06. The smallest absolute Gasteiger partial charge is 0.354 e. The number of hydrogen-bond donors (Lipinski definition) is 1. The number of aromatic amines is 1. The van der Waals surface area contributed by atoms with Crippen LogP contribution in [-0.4, -0.2) is 42.8 Å². The van der Waals surface area contributed by atoms with Crippen molar-refractivity contribution in [3.05, 3.63) is 34.0 Å². The molecule has 23 heavy (non-hydrogen) atoms. The molecule has 0 spiro atoms. The zero-order valence-corrected chi connectivity index (χ0v) is 13.0. The minimum Gasteiger partial charge on any atom is -0.493 e. The number of H-pyrrole nitrogens is 1. The van der Waals surface area contributed by atoms with Crippen LogP contribution in [0.3, 0.4) is 0 Å². The van der Waals surface area contributed by atoms with Crippen molar-refractivity contribution in [1.29, 1.82) is 0 Å². The number of carbonyl (C=O) groups excluding carboxylic acids is 1. The standard InChI is InChI=1S/C15H18N2O6/c1-3-22-15(18)12-8-10-7-11(23-6-4-5-21-2)9-13(17(19)20)14(10)16-12/h7-9,16H,3-6H2,1-2H3. The molecule has 0 aliphatic carbocycles. The number of fused-ring (bicyclic) bond motifs is 1. The van der Waals surface area contributed by atoms with Crippen LogP contribution in [0.15, 0.2) is 18.2 Å². The van der Waals surface area contributed by atoms with E-state index in [9.17, 15) is 14.9 Å². The fourth-order valence-electron chi connectivity index (χ4n) is 2.14. The van der Waals surface area contributed by atoms with Gasteiger partial charge >= 0.3 is 5.97 Å². The normalized spacial score (nSPS) is 10.7. The maximum Gasteiger partial charge on any atom is 0.354 e. The van der Waals surface area contributed by atoms with Gasteiger partial charge in [-0.1, -0.05) is 0 Å². The Kier molecular flexibility index (Phi) is 5.53. The molecule has 124 valence electrons. The molecule has 0 atom stereocenters. The number of nitrogens with zero attached hydrogens (tertiary/aromatic N) is 1. The van der Waals surface area contributed by atoms with E-state index in [1.807, 2.05) is 0 Å². The molecule has 1 aromatic heterocycles. The van der Waals surface area contributed by atoms with Crippen molar-refractivity contribution in [2.24, 2.45) is 0 Å². The molecule has 0 bridgehead atoms. The van der Waals surface area contributed by atoms with Gasteiger partial charge in [0.05, 0.1) is 24.2 Å². The van der Waals surface area contributed by atoms with E-state index >= 15 is 0 Å². The van der Waals surface area contributed by atoms with Crippen LogP contribution in [0.4, 0.5) is 5.69 Å². The molecule has 1 N–H and O–H groups in total. The van der Waals surface area contributed by atoms with Crippen molar-refractivity contribution >= 4 is 22.6 Å². The first-order valence-corrected chi connectivity index (χ1v) is 7.16. The third-order valence-electron chi connectivity index (χ3n) is 3.13. The second-order valence-corrected chi connectivity index (χ2v) is 4.76. The summed E-state index contributed by atoms with van der Waals surface area (Å²) in [7, 11) is 1.59. The van der Waals surface area contributed by atoms with E-state index in [1.54, 1.807) is 20.1 Å². The van der Waals surface area contributed by atoms with E-state index in [2.05, 4.69) is 4.98 Å². The van der Waals surface area contributed by atoms with Crippen molar-refractivity contribution < 1.29 is 23.9 Å². The average molecular weight is 322 g/mol. The summed E-state index contributed by atoms with van der Waals surface area (Å²) in [6.07, 6.45) is 0.670. The zero-order chi connectivity index (χ0) is 16.8. The maximum atomic E-state index is 11.8. The van der Waals surface area contributed by atoms with Gasteiger partial charge < -0.3 is 19.2 Å². The third kappa shape index (κ3) is 3.98. The topological polar surface area (TPSA) is 104 Å². The molecular formula is C15H18N2O6. The van der Waals surface area contributed by atoms with Crippen LogP contribution in [0, 0.1) is 10.1 Å². The molecule has 0 radical (unpaired) electrons. The summed E-state index contributed by atoms with van der Waals surface area (Å²) in [5, 5.41) is 11.8. The summed E-state index contributed by atoms with van der Waals surface area (Å²) in [4.78, 5) is 25.2. The van der Waals surface area contributed by atoms with Crippen molar-refractivity contribution in [2.75, 3.05) is 26.9 Å². The number of methoxy groups -OCH3 is 1. The fourth-order valence-corrected chi connectivity index (χ4v) is 2.14. The first-order chi connectivity index (χ1) is 11.1. The molecule has 0 amide bonds. The third-order valence-corrected chi connectivity index (χ3v) is 3.13. The van der Waals surface area contributed by atoms with Gasteiger partial charge in [-0.15, -0.1) is 0 Å². The summed E-state index contributed by atoms with van der Waals surface area (Å²) in [6, 6.07) is 4.50. The van der Waals surface area contributed by atoms with Crippen molar-refractivity contribution in [1.82, 2.24) is 4.98 Å². The van der Waals surface area contributed by atoms with Gasteiger partial charge in [-0.2, -0.15) is 0 Å². The molecule has 0 fully saturated rings. The van der Waals surface area contributed by atoms with Gasteiger partial charge in [0.15, 0.2) is 0 Å². The molecule has 8 heteroatoms. The van der Waals surface area contributed by atoms with E-state index in [0.29, 0.717) is 30.8 Å². The van der Waals surface area contributed by atoms with Crippen LogP contribution in [0.5, 0.6) is 5.75 Å². The molecule has 2 rings (SSSR count). The van der Waals surface area contributed by atoms with E-state index in [1.165, 1.54) is 12.1 Å². The predicted molar refractivity (Wildman–Crippen MR) is 82.9 cm³/mol. The van der Waals surface area contributed by atoms with E-state index in [4.69, 9.17) is 14.2 Å². The van der Waals surface area contributed by atoms with Gasteiger partial charge in [0.1, 0.15) is 17.0 Å². The van der Waals surface area contributed by atoms with E-state index < -0.39 is 10.9 Å². The van der Waals surface area contributed by atoms with Crippen LogP contribution >= 0.6 is 0 Å². The van der Waals surface area contributed by atoms with Gasteiger partial charge in [0, 0.05) is 25.5 Å². The Hall–Kier alpha value is -2.61. The van der Waals surface area contributed by atoms with Crippen molar-refractivity contribution in [3.8, 4) is 5.75 Å². The van der Waals surface area contributed by atoms with Gasteiger partial charge in [0.2, 0.25) is 0 Å². The Labute approximate surface area is 132 Å². The Morgan fingerprint density at radius 1 is 1.30 bits per heavy atom. The average Bonchev–Trinajstić information content (AvgIpc) is 2.95. The summed E-state index contributed by atoms with van der Waals surface area (Å²) < 4.78 is 15.3. The summed E-state index contributed by atoms with van der Waals surface area (Å²) in [5.74, 6) is -0.185. The highest BCUT2D eigenvalue weighted by atomic mass is 16.6. The number of benzene rings is 1. The van der Waals surface area contributed by atoms with Gasteiger partial charge in [-0.25, -0.2) is 4.79 Å². The summed E-state index contributed by atoms with van der Waals surface area (Å²) >= 11 is 0. The van der Waals surface area contributed by atoms with Crippen LogP contribution in [-0.2, 0) is 9.47 Å². The number of carbonyl (C=O) groups is 1. The predicted octanol–water partition coefficient (Wildman–Crippen LogP) is 2.67. The van der Waals surface area contributed by atoms with E-state index in [0.717, 1.165) is 0 Å². The lowest BCUT2D eigenvalue weighted by atomic mass is 10.2. The minimum absolute atomic E-state index is 0.153. The van der Waals surface area contributed by atoms with Crippen LogP contribution < -0.4 is 4.74 Å². The highest BCUT2D eigenvalue weighted by molar-refractivity contribution is 5.98. The molecule has 0 aliphatic heterocycles. The fraction of sp³-hybridized carbons (Fsp3) is 0.400. The Morgan fingerprint density at radius 2 is 2.09 bits per heavy atom. The van der Waals surface area contributed by atoms with Gasteiger partial charge in [-0.3, -0.25) is 10.1 Å². The molecule has 0 aliphatic rings. The highest BCUT2D eigenvalue weighted by Gasteiger charge is 2.20. The van der Waals surface area contributed by atoms with Crippen LogP contribution in [0.25, 0.3) is 10.9 Å². The van der Waals surface area contributed by atoms with Crippen molar-refractivity contribution in [2.45, 2.75) is 13.3 Å². The lowest BCUT2D eigenvalue weighted by molar-refractivity contribution is -0.383. The Bertz CT molecular complexity index is 709. The first kappa shape index (κ1) is 16.8. The van der Waals surface area contributed by atoms with Gasteiger partial charge in [-0.05, 0) is 19.1 Å².